The molecule has 90 valence electrons. The lowest BCUT2D eigenvalue weighted by atomic mass is 10.1. The first kappa shape index (κ1) is 12.3. The van der Waals surface area contributed by atoms with E-state index < -0.39 is 0 Å². The molecule has 17 heavy (non-hydrogen) atoms. The summed E-state index contributed by atoms with van der Waals surface area (Å²) in [6, 6.07) is 5.85. The Morgan fingerprint density at radius 3 is 2.82 bits per heavy atom. The molecule has 4 heteroatoms. The number of halogens is 1. The second-order valence-corrected chi connectivity index (χ2v) is 5.22. The smallest absolute Gasteiger partial charge is 0.231 e. The van der Waals surface area contributed by atoms with Gasteiger partial charge in [0, 0.05) is 10.5 Å². The molecule has 1 aromatic rings. The highest BCUT2D eigenvalue weighted by molar-refractivity contribution is 9.10. The van der Waals surface area contributed by atoms with Gasteiger partial charge in [0.15, 0.2) is 0 Å². The fourth-order valence-corrected chi connectivity index (χ4v) is 2.46. The number of aryl methyl sites for hydroxylation is 1. The molecule has 0 bridgehead atoms. The van der Waals surface area contributed by atoms with Crippen LogP contribution < -0.4 is 11.1 Å². The zero-order chi connectivity index (χ0) is 12.4. The molecule has 0 aromatic heterocycles. The Balaban J connectivity index is 2.06. The lowest BCUT2D eigenvalue weighted by Crippen LogP contribution is -2.24. The van der Waals surface area contributed by atoms with E-state index in [9.17, 15) is 4.79 Å². The van der Waals surface area contributed by atoms with Crippen LogP contribution in [0.2, 0.25) is 0 Å². The van der Waals surface area contributed by atoms with Crippen LogP contribution in [-0.4, -0.2) is 11.9 Å². The van der Waals surface area contributed by atoms with Gasteiger partial charge in [-0.25, -0.2) is 0 Å². The molecule has 3 nitrogen and oxygen atoms in total. The molecule has 0 fully saturated rings. The van der Waals surface area contributed by atoms with Gasteiger partial charge in [-0.1, -0.05) is 18.2 Å². The number of amides is 1. The zero-order valence-electron chi connectivity index (χ0n) is 9.61. The third-order valence-corrected chi connectivity index (χ3v) is 3.49. The molecule has 2 unspecified atom stereocenters. The maximum atomic E-state index is 12.0. The molecule has 0 spiro atoms. The van der Waals surface area contributed by atoms with Crippen molar-refractivity contribution >= 4 is 27.5 Å². The minimum atomic E-state index is -0.113. The Labute approximate surface area is 109 Å². The van der Waals surface area contributed by atoms with Crippen LogP contribution in [0.5, 0.6) is 0 Å². The van der Waals surface area contributed by atoms with Gasteiger partial charge in [-0.3, -0.25) is 4.79 Å². The summed E-state index contributed by atoms with van der Waals surface area (Å²) in [4.78, 5) is 12.0. The second kappa shape index (κ2) is 5.02. The molecule has 1 amide bonds. The monoisotopic (exact) mass is 294 g/mol. The Morgan fingerprint density at radius 2 is 2.24 bits per heavy atom. The van der Waals surface area contributed by atoms with E-state index in [4.69, 9.17) is 5.73 Å². The van der Waals surface area contributed by atoms with Crippen LogP contribution in [0, 0.1) is 12.8 Å². The molecular weight excluding hydrogens is 280 g/mol. The summed E-state index contributed by atoms with van der Waals surface area (Å²) in [6.07, 6.45) is 4.45. The summed E-state index contributed by atoms with van der Waals surface area (Å²) < 4.78 is 0.900. The normalized spacial score (nSPS) is 22.8. The van der Waals surface area contributed by atoms with Crippen molar-refractivity contribution in [3.05, 3.63) is 40.4 Å². The van der Waals surface area contributed by atoms with Crippen LogP contribution >= 0.6 is 15.9 Å². The summed E-state index contributed by atoms with van der Waals surface area (Å²) in [5.74, 6) is -0.114. The SMILES string of the molecule is Cc1ccc(NC(=O)C2C=CC(N)C2)c(Br)c1. The highest BCUT2D eigenvalue weighted by Crippen LogP contribution is 2.25. The van der Waals surface area contributed by atoms with Gasteiger partial charge in [-0.05, 0) is 47.0 Å². The topological polar surface area (TPSA) is 55.1 Å². The highest BCUT2D eigenvalue weighted by atomic mass is 79.9. The third-order valence-electron chi connectivity index (χ3n) is 2.84. The standard InChI is InChI=1S/C13H15BrN2O/c1-8-2-5-12(11(14)6-8)16-13(17)9-3-4-10(15)7-9/h2-6,9-10H,7,15H2,1H3,(H,16,17). The predicted molar refractivity (Wildman–Crippen MR) is 72.7 cm³/mol. The number of hydrogen-bond acceptors (Lipinski definition) is 2. The third kappa shape index (κ3) is 2.96. The fourth-order valence-electron chi connectivity index (χ4n) is 1.87. The maximum Gasteiger partial charge on any atom is 0.231 e. The van der Waals surface area contributed by atoms with E-state index in [1.807, 2.05) is 37.3 Å². The van der Waals surface area contributed by atoms with Crippen LogP contribution in [0.3, 0.4) is 0 Å². The Bertz CT molecular complexity index is 470. The van der Waals surface area contributed by atoms with E-state index in [1.165, 1.54) is 0 Å². The molecule has 3 N–H and O–H groups in total. The number of carbonyl (C=O) groups is 1. The minimum Gasteiger partial charge on any atom is -0.325 e. The van der Waals surface area contributed by atoms with Crippen LogP contribution in [0.25, 0.3) is 0 Å². The molecule has 0 aliphatic heterocycles. The first-order valence-electron chi connectivity index (χ1n) is 5.57. The Kier molecular flexibility index (Phi) is 3.64. The Morgan fingerprint density at radius 1 is 1.47 bits per heavy atom. The van der Waals surface area contributed by atoms with E-state index in [0.717, 1.165) is 15.7 Å². The molecule has 0 radical (unpaired) electrons. The van der Waals surface area contributed by atoms with E-state index in [-0.39, 0.29) is 17.9 Å². The molecule has 0 heterocycles. The first-order chi connectivity index (χ1) is 8.06. The summed E-state index contributed by atoms with van der Waals surface area (Å²) in [5, 5.41) is 2.91. The lowest BCUT2D eigenvalue weighted by molar-refractivity contribution is -0.118. The predicted octanol–water partition coefficient (Wildman–Crippen LogP) is 2.60. The number of carbonyl (C=O) groups excluding carboxylic acids is 1. The van der Waals surface area contributed by atoms with Gasteiger partial charge in [0.1, 0.15) is 0 Å². The molecule has 2 atom stereocenters. The summed E-state index contributed by atoms with van der Waals surface area (Å²) in [6.45, 7) is 2.01. The van der Waals surface area contributed by atoms with Gasteiger partial charge in [0.25, 0.3) is 0 Å². The Hall–Kier alpha value is -1.13. The summed E-state index contributed by atoms with van der Waals surface area (Å²) >= 11 is 3.44. The maximum absolute atomic E-state index is 12.0. The van der Waals surface area contributed by atoms with Crippen molar-refractivity contribution in [1.82, 2.24) is 0 Å². The van der Waals surface area contributed by atoms with Crippen LogP contribution in [0.15, 0.2) is 34.8 Å². The zero-order valence-corrected chi connectivity index (χ0v) is 11.2. The van der Waals surface area contributed by atoms with Crippen molar-refractivity contribution in [3.63, 3.8) is 0 Å². The van der Waals surface area contributed by atoms with Gasteiger partial charge in [-0.2, -0.15) is 0 Å². The highest BCUT2D eigenvalue weighted by Gasteiger charge is 2.22. The van der Waals surface area contributed by atoms with Gasteiger partial charge >= 0.3 is 0 Å². The van der Waals surface area contributed by atoms with Crippen LogP contribution in [0.1, 0.15) is 12.0 Å². The number of nitrogens with two attached hydrogens (primary N) is 1. The van der Waals surface area contributed by atoms with Crippen molar-refractivity contribution in [3.8, 4) is 0 Å². The van der Waals surface area contributed by atoms with Crippen molar-refractivity contribution in [1.29, 1.82) is 0 Å². The average molecular weight is 295 g/mol. The number of hydrogen-bond donors (Lipinski definition) is 2. The quantitative estimate of drug-likeness (QED) is 0.824. The van der Waals surface area contributed by atoms with Gasteiger partial charge < -0.3 is 11.1 Å². The minimum absolute atomic E-state index is 0.00115. The number of nitrogens with one attached hydrogen (secondary N) is 1. The van der Waals surface area contributed by atoms with E-state index in [0.29, 0.717) is 6.42 Å². The number of rotatable bonds is 2. The van der Waals surface area contributed by atoms with E-state index in [2.05, 4.69) is 21.2 Å². The fraction of sp³-hybridized carbons (Fsp3) is 0.308. The van der Waals surface area contributed by atoms with E-state index >= 15 is 0 Å². The van der Waals surface area contributed by atoms with Crippen molar-refractivity contribution in [2.24, 2.45) is 11.7 Å². The molecule has 0 saturated carbocycles. The molecule has 1 aliphatic rings. The number of benzene rings is 1. The first-order valence-corrected chi connectivity index (χ1v) is 6.36. The molecule has 0 saturated heterocycles. The summed E-state index contributed by atoms with van der Waals surface area (Å²) in [5.41, 5.74) is 7.68. The molecule has 1 aliphatic carbocycles. The van der Waals surface area contributed by atoms with E-state index in [1.54, 1.807) is 0 Å². The summed E-state index contributed by atoms with van der Waals surface area (Å²) in [7, 11) is 0. The average Bonchev–Trinajstić information content (AvgIpc) is 2.69. The van der Waals surface area contributed by atoms with Gasteiger partial charge in [0.2, 0.25) is 5.91 Å². The lowest BCUT2D eigenvalue weighted by Gasteiger charge is -2.12. The largest absolute Gasteiger partial charge is 0.325 e. The van der Waals surface area contributed by atoms with Crippen LogP contribution in [0.4, 0.5) is 5.69 Å². The second-order valence-electron chi connectivity index (χ2n) is 4.36. The molecular formula is C13H15BrN2O. The number of anilines is 1. The molecule has 1 aromatic carbocycles. The van der Waals surface area contributed by atoms with Crippen molar-refractivity contribution in [2.45, 2.75) is 19.4 Å². The van der Waals surface area contributed by atoms with Crippen molar-refractivity contribution in [2.75, 3.05) is 5.32 Å². The van der Waals surface area contributed by atoms with Gasteiger partial charge in [0.05, 0.1) is 11.6 Å². The molecule has 2 rings (SSSR count). The van der Waals surface area contributed by atoms with Crippen LogP contribution in [-0.2, 0) is 4.79 Å². The van der Waals surface area contributed by atoms with Crippen molar-refractivity contribution < 1.29 is 4.79 Å². The van der Waals surface area contributed by atoms with Gasteiger partial charge in [-0.15, -0.1) is 0 Å².